The fourth-order valence-electron chi connectivity index (χ4n) is 3.68. The highest BCUT2D eigenvalue weighted by molar-refractivity contribution is 7.99. The van der Waals surface area contributed by atoms with Crippen molar-refractivity contribution in [3.05, 3.63) is 64.9 Å². The number of carbonyl (C=O) groups is 1. The second-order valence-electron chi connectivity index (χ2n) is 7.67. The van der Waals surface area contributed by atoms with Gasteiger partial charge in [-0.2, -0.15) is 0 Å². The SMILES string of the molecule is C=CCN(Cc1cccs1)C(=O)CSc1nnc(N2CCOCC2)n1-c1cccc(CC)c1. The number of benzene rings is 1. The van der Waals surface area contributed by atoms with Crippen LogP contribution in [0.1, 0.15) is 17.4 Å². The van der Waals surface area contributed by atoms with Crippen LogP contribution in [-0.4, -0.2) is 64.2 Å². The first kappa shape index (κ1) is 23.5. The van der Waals surface area contributed by atoms with E-state index in [1.807, 2.05) is 22.4 Å². The summed E-state index contributed by atoms with van der Waals surface area (Å²) in [6.45, 7) is 9.94. The fraction of sp³-hybridized carbons (Fsp3) is 0.375. The molecule has 0 bridgehead atoms. The molecule has 1 aliphatic heterocycles. The number of hydrogen-bond acceptors (Lipinski definition) is 7. The normalized spacial score (nSPS) is 13.8. The van der Waals surface area contributed by atoms with E-state index in [2.05, 4.69) is 57.4 Å². The summed E-state index contributed by atoms with van der Waals surface area (Å²) < 4.78 is 7.59. The summed E-state index contributed by atoms with van der Waals surface area (Å²) in [7, 11) is 0. The molecule has 3 aromatic rings. The maximum Gasteiger partial charge on any atom is 0.233 e. The van der Waals surface area contributed by atoms with Gasteiger partial charge in [0.2, 0.25) is 11.9 Å². The van der Waals surface area contributed by atoms with Crippen LogP contribution < -0.4 is 4.90 Å². The van der Waals surface area contributed by atoms with Crippen molar-refractivity contribution >= 4 is 35.0 Å². The highest BCUT2D eigenvalue weighted by Gasteiger charge is 2.23. The number of ether oxygens (including phenoxy) is 1. The van der Waals surface area contributed by atoms with Crippen LogP contribution in [0.2, 0.25) is 0 Å². The summed E-state index contributed by atoms with van der Waals surface area (Å²) in [6, 6.07) is 12.5. The van der Waals surface area contributed by atoms with Crippen molar-refractivity contribution in [1.82, 2.24) is 19.7 Å². The molecule has 7 nitrogen and oxygen atoms in total. The average Bonchev–Trinajstić information content (AvgIpc) is 3.53. The monoisotopic (exact) mass is 483 g/mol. The largest absolute Gasteiger partial charge is 0.378 e. The van der Waals surface area contributed by atoms with E-state index in [9.17, 15) is 4.79 Å². The van der Waals surface area contributed by atoms with Crippen LogP contribution in [-0.2, 0) is 22.5 Å². The van der Waals surface area contributed by atoms with Crippen LogP contribution in [0.3, 0.4) is 0 Å². The van der Waals surface area contributed by atoms with Gasteiger partial charge >= 0.3 is 0 Å². The molecule has 1 saturated heterocycles. The first-order valence-corrected chi connectivity index (χ1v) is 13.0. The zero-order valence-electron chi connectivity index (χ0n) is 18.9. The Hall–Kier alpha value is -2.62. The summed E-state index contributed by atoms with van der Waals surface area (Å²) in [6.07, 6.45) is 2.72. The molecular formula is C24H29N5O2S2. The number of nitrogens with zero attached hydrogens (tertiary/aromatic N) is 5. The summed E-state index contributed by atoms with van der Waals surface area (Å²) in [5.41, 5.74) is 2.26. The van der Waals surface area contributed by atoms with Crippen LogP contribution in [0.4, 0.5) is 5.95 Å². The highest BCUT2D eigenvalue weighted by Crippen LogP contribution is 2.28. The van der Waals surface area contributed by atoms with Crippen molar-refractivity contribution in [2.75, 3.05) is 43.5 Å². The molecule has 0 radical (unpaired) electrons. The second-order valence-corrected chi connectivity index (χ2v) is 9.65. The first-order chi connectivity index (χ1) is 16.2. The van der Waals surface area contributed by atoms with Crippen LogP contribution in [0.25, 0.3) is 5.69 Å². The topological polar surface area (TPSA) is 63.5 Å². The maximum atomic E-state index is 13.1. The van der Waals surface area contributed by atoms with Gasteiger partial charge in [-0.05, 0) is 35.6 Å². The minimum atomic E-state index is 0.0538. The van der Waals surface area contributed by atoms with Crippen molar-refractivity contribution in [3.8, 4) is 5.69 Å². The number of rotatable bonds is 10. The first-order valence-electron chi connectivity index (χ1n) is 11.1. The molecule has 0 spiro atoms. The number of carbonyl (C=O) groups excluding carboxylic acids is 1. The Bertz CT molecular complexity index is 1060. The zero-order valence-corrected chi connectivity index (χ0v) is 20.5. The van der Waals surface area contributed by atoms with Crippen LogP contribution in [0.5, 0.6) is 0 Å². The molecule has 33 heavy (non-hydrogen) atoms. The molecule has 0 atom stereocenters. The van der Waals surface area contributed by atoms with Crippen molar-refractivity contribution in [3.63, 3.8) is 0 Å². The lowest BCUT2D eigenvalue weighted by Gasteiger charge is -2.28. The van der Waals surface area contributed by atoms with Crippen LogP contribution in [0, 0.1) is 0 Å². The number of amides is 1. The van der Waals surface area contributed by atoms with Gasteiger partial charge in [-0.25, -0.2) is 0 Å². The smallest absolute Gasteiger partial charge is 0.233 e. The van der Waals surface area contributed by atoms with Gasteiger partial charge in [0.25, 0.3) is 0 Å². The van der Waals surface area contributed by atoms with Crippen molar-refractivity contribution in [2.24, 2.45) is 0 Å². The third-order valence-electron chi connectivity index (χ3n) is 5.44. The van der Waals surface area contributed by atoms with E-state index in [-0.39, 0.29) is 11.7 Å². The van der Waals surface area contributed by atoms with Crippen molar-refractivity contribution in [2.45, 2.75) is 25.0 Å². The fourth-order valence-corrected chi connectivity index (χ4v) is 5.25. The van der Waals surface area contributed by atoms with Gasteiger partial charge in [-0.3, -0.25) is 9.36 Å². The molecule has 0 unspecified atom stereocenters. The molecule has 0 aliphatic carbocycles. The number of aryl methyl sites for hydroxylation is 1. The highest BCUT2D eigenvalue weighted by atomic mass is 32.2. The molecule has 1 amide bonds. The Morgan fingerprint density at radius 1 is 1.27 bits per heavy atom. The molecule has 1 fully saturated rings. The molecule has 9 heteroatoms. The van der Waals surface area contributed by atoms with Gasteiger partial charge in [-0.15, -0.1) is 28.1 Å². The molecule has 0 saturated carbocycles. The number of thioether (sulfide) groups is 1. The number of aromatic nitrogens is 3. The molecule has 1 aliphatic rings. The average molecular weight is 484 g/mol. The Labute approximate surface area is 203 Å². The third kappa shape index (κ3) is 5.85. The zero-order chi connectivity index (χ0) is 23.0. The quantitative estimate of drug-likeness (QED) is 0.320. The Balaban J connectivity index is 1.56. The molecule has 3 heterocycles. The minimum Gasteiger partial charge on any atom is -0.378 e. The van der Waals surface area contributed by atoms with Gasteiger partial charge in [0.1, 0.15) is 0 Å². The Morgan fingerprint density at radius 2 is 2.12 bits per heavy atom. The van der Waals surface area contributed by atoms with Gasteiger partial charge in [0, 0.05) is 24.5 Å². The predicted molar refractivity (Wildman–Crippen MR) is 134 cm³/mol. The van der Waals surface area contributed by atoms with Gasteiger partial charge in [-0.1, -0.05) is 43.0 Å². The molecule has 0 N–H and O–H groups in total. The van der Waals surface area contributed by atoms with E-state index >= 15 is 0 Å². The molecule has 4 rings (SSSR count). The molecular weight excluding hydrogens is 454 g/mol. The number of morpholine rings is 1. The van der Waals surface area contributed by atoms with Gasteiger partial charge < -0.3 is 14.5 Å². The number of thiophene rings is 1. The molecule has 174 valence electrons. The lowest BCUT2D eigenvalue weighted by molar-refractivity contribution is -0.128. The summed E-state index contributed by atoms with van der Waals surface area (Å²) in [5.74, 6) is 1.13. The third-order valence-corrected chi connectivity index (χ3v) is 7.22. The molecule has 2 aromatic heterocycles. The maximum absolute atomic E-state index is 13.1. The lowest BCUT2D eigenvalue weighted by atomic mass is 10.1. The van der Waals surface area contributed by atoms with E-state index in [0.717, 1.165) is 36.0 Å². The van der Waals surface area contributed by atoms with Gasteiger partial charge in [0.05, 0.1) is 31.2 Å². The predicted octanol–water partition coefficient (Wildman–Crippen LogP) is 4.03. The van der Waals surface area contributed by atoms with Gasteiger partial charge in [0.15, 0.2) is 5.16 Å². The van der Waals surface area contributed by atoms with Crippen molar-refractivity contribution < 1.29 is 9.53 Å². The van der Waals surface area contributed by atoms with Crippen molar-refractivity contribution in [1.29, 1.82) is 0 Å². The van der Waals surface area contributed by atoms with E-state index in [0.29, 0.717) is 31.5 Å². The minimum absolute atomic E-state index is 0.0538. The van der Waals surface area contributed by atoms with E-state index in [1.54, 1.807) is 17.4 Å². The Morgan fingerprint density at radius 3 is 2.85 bits per heavy atom. The lowest BCUT2D eigenvalue weighted by Crippen LogP contribution is -2.38. The summed E-state index contributed by atoms with van der Waals surface area (Å²) in [5, 5.41) is 11.7. The van der Waals surface area contributed by atoms with E-state index in [4.69, 9.17) is 4.74 Å². The standard InChI is InChI=1S/C24H29N5O2S2/c1-3-10-28(17-21-9-6-15-32-21)22(30)18-33-24-26-25-23(27-11-13-31-14-12-27)29(24)20-8-5-7-19(4-2)16-20/h3,5-9,15-16H,1,4,10-14,17-18H2,2H3. The second kappa shape index (κ2) is 11.5. The summed E-state index contributed by atoms with van der Waals surface area (Å²) in [4.78, 5) is 18.2. The summed E-state index contributed by atoms with van der Waals surface area (Å²) >= 11 is 3.08. The Kier molecular flexibility index (Phi) is 8.20. The van der Waals surface area contributed by atoms with E-state index in [1.165, 1.54) is 17.3 Å². The van der Waals surface area contributed by atoms with Crippen LogP contribution >= 0.6 is 23.1 Å². The molecule has 1 aromatic carbocycles. The number of anilines is 1. The van der Waals surface area contributed by atoms with Crippen LogP contribution in [0.15, 0.2) is 59.6 Å². The van der Waals surface area contributed by atoms with E-state index < -0.39 is 0 Å². The number of hydrogen-bond donors (Lipinski definition) is 0.